The second-order valence-electron chi connectivity index (χ2n) is 5.33. The van der Waals surface area contributed by atoms with E-state index in [0.29, 0.717) is 4.90 Å². The van der Waals surface area contributed by atoms with Crippen molar-refractivity contribution in [2.75, 3.05) is 11.9 Å². The molecule has 3 rings (SSSR count). The van der Waals surface area contributed by atoms with Gasteiger partial charge >= 0.3 is 0 Å². The number of nitrogens with one attached hydrogen (secondary N) is 1. The van der Waals surface area contributed by atoms with Crippen molar-refractivity contribution in [3.8, 4) is 0 Å². The van der Waals surface area contributed by atoms with E-state index in [1.165, 1.54) is 24.3 Å². The molecule has 0 saturated carbocycles. The van der Waals surface area contributed by atoms with E-state index in [1.807, 2.05) is 0 Å². The minimum atomic E-state index is -0.955. The van der Waals surface area contributed by atoms with Crippen LogP contribution in [0.15, 0.2) is 36.4 Å². The summed E-state index contributed by atoms with van der Waals surface area (Å²) in [6, 6.07) is 7.20. The van der Waals surface area contributed by atoms with E-state index in [4.69, 9.17) is 11.6 Å². The van der Waals surface area contributed by atoms with Crippen LogP contribution in [0.2, 0.25) is 5.02 Å². The number of rotatable bonds is 4. The average Bonchev–Trinajstić information content (AvgIpc) is 2.82. The number of imide groups is 1. The number of hydrogen-bond donors (Lipinski definition) is 1. The molecule has 0 aliphatic carbocycles. The number of benzene rings is 2. The average molecular weight is 378 g/mol. The Hall–Kier alpha value is -3.33. The summed E-state index contributed by atoms with van der Waals surface area (Å²) in [7, 11) is 0. The molecule has 1 aliphatic heterocycles. The van der Waals surface area contributed by atoms with Gasteiger partial charge in [-0.15, -0.1) is 0 Å². The number of nitrogens with zero attached hydrogens (tertiary/aromatic N) is 2. The highest BCUT2D eigenvalue weighted by Gasteiger charge is 2.41. The number of carbonyl (C=O) groups excluding carboxylic acids is 3. The van der Waals surface area contributed by atoms with Gasteiger partial charge in [-0.05, 0) is 24.3 Å². The molecule has 0 aromatic heterocycles. The Morgan fingerprint density at radius 3 is 2.62 bits per heavy atom. The smallest absolute Gasteiger partial charge is 0.282 e. The molecule has 0 saturated heterocycles. The molecule has 2 aromatic carbocycles. The summed E-state index contributed by atoms with van der Waals surface area (Å²) in [6.07, 6.45) is 0. The largest absolute Gasteiger partial charge is 0.322 e. The molecule has 26 heavy (non-hydrogen) atoms. The fraction of sp³-hybridized carbons (Fsp3) is 0.0625. The van der Waals surface area contributed by atoms with Gasteiger partial charge in [-0.1, -0.05) is 17.7 Å². The molecule has 0 bridgehead atoms. The number of anilines is 1. The lowest BCUT2D eigenvalue weighted by molar-refractivity contribution is -0.385. The summed E-state index contributed by atoms with van der Waals surface area (Å²) in [5.41, 5.74) is -1.22. The van der Waals surface area contributed by atoms with Gasteiger partial charge < -0.3 is 5.32 Å². The number of hydrogen-bond acceptors (Lipinski definition) is 5. The predicted molar refractivity (Wildman–Crippen MR) is 88.5 cm³/mol. The van der Waals surface area contributed by atoms with Crippen LogP contribution in [0.3, 0.4) is 0 Å². The second kappa shape index (κ2) is 6.52. The highest BCUT2D eigenvalue weighted by Crippen LogP contribution is 2.30. The summed E-state index contributed by atoms with van der Waals surface area (Å²) in [5, 5.41) is 13.4. The number of amides is 3. The molecule has 132 valence electrons. The van der Waals surface area contributed by atoms with Crippen LogP contribution in [-0.4, -0.2) is 34.1 Å². The minimum Gasteiger partial charge on any atom is -0.322 e. The number of carbonyl (C=O) groups is 3. The van der Waals surface area contributed by atoms with Gasteiger partial charge in [0, 0.05) is 11.1 Å². The maximum atomic E-state index is 13.7. The van der Waals surface area contributed by atoms with E-state index in [0.717, 1.165) is 12.1 Å². The fourth-order valence-electron chi connectivity index (χ4n) is 2.54. The van der Waals surface area contributed by atoms with Crippen LogP contribution in [0.5, 0.6) is 0 Å². The van der Waals surface area contributed by atoms with Crippen molar-refractivity contribution in [2.45, 2.75) is 0 Å². The lowest BCUT2D eigenvalue weighted by atomic mass is 10.1. The van der Waals surface area contributed by atoms with Crippen molar-refractivity contribution in [1.82, 2.24) is 4.90 Å². The Morgan fingerprint density at radius 1 is 1.23 bits per heavy atom. The quantitative estimate of drug-likeness (QED) is 0.500. The molecule has 0 fully saturated rings. The van der Waals surface area contributed by atoms with Gasteiger partial charge in [-0.2, -0.15) is 0 Å². The maximum Gasteiger partial charge on any atom is 0.282 e. The van der Waals surface area contributed by atoms with Gasteiger partial charge in [0.05, 0.1) is 16.2 Å². The highest BCUT2D eigenvalue weighted by molar-refractivity contribution is 6.30. The third-order valence-corrected chi connectivity index (χ3v) is 3.92. The molecule has 3 amide bonds. The van der Waals surface area contributed by atoms with E-state index in [2.05, 4.69) is 5.32 Å². The van der Waals surface area contributed by atoms with Crippen molar-refractivity contribution in [3.05, 3.63) is 68.5 Å². The zero-order valence-electron chi connectivity index (χ0n) is 12.9. The molecule has 0 unspecified atom stereocenters. The topological polar surface area (TPSA) is 110 Å². The molecule has 0 atom stereocenters. The Labute approximate surface area is 150 Å². The van der Waals surface area contributed by atoms with Crippen molar-refractivity contribution in [1.29, 1.82) is 0 Å². The van der Waals surface area contributed by atoms with Gasteiger partial charge in [0.1, 0.15) is 17.9 Å². The third-order valence-electron chi connectivity index (χ3n) is 3.68. The van der Waals surface area contributed by atoms with Crippen LogP contribution in [0.25, 0.3) is 0 Å². The van der Waals surface area contributed by atoms with Crippen molar-refractivity contribution >= 4 is 40.7 Å². The Balaban J connectivity index is 1.82. The SMILES string of the molecule is O=C(CN1C(=O)c2cccc([N+](=O)[O-])c2C1=O)Nc1ccc(Cl)cc1F. The monoisotopic (exact) mass is 377 g/mol. The van der Waals surface area contributed by atoms with E-state index >= 15 is 0 Å². The zero-order chi connectivity index (χ0) is 19.0. The fourth-order valence-corrected chi connectivity index (χ4v) is 2.69. The molecular weight excluding hydrogens is 369 g/mol. The van der Waals surface area contributed by atoms with Crippen LogP contribution in [0.1, 0.15) is 20.7 Å². The number of nitro groups is 1. The summed E-state index contributed by atoms with van der Waals surface area (Å²) in [5.74, 6) is -3.42. The van der Waals surface area contributed by atoms with Crippen LogP contribution < -0.4 is 5.32 Å². The molecular formula is C16H9ClFN3O5. The normalized spacial score (nSPS) is 12.9. The van der Waals surface area contributed by atoms with E-state index in [9.17, 15) is 28.9 Å². The van der Waals surface area contributed by atoms with Crippen LogP contribution >= 0.6 is 11.6 Å². The van der Waals surface area contributed by atoms with E-state index in [-0.39, 0.29) is 21.8 Å². The Morgan fingerprint density at radius 2 is 1.96 bits per heavy atom. The van der Waals surface area contributed by atoms with Gasteiger partial charge in [-0.25, -0.2) is 4.39 Å². The minimum absolute atomic E-state index is 0.133. The Bertz CT molecular complexity index is 978. The standard InChI is InChI=1S/C16H9ClFN3O5/c17-8-4-5-11(10(18)6-8)19-13(22)7-20-15(23)9-2-1-3-12(21(25)26)14(9)16(20)24/h1-6H,7H2,(H,19,22). The first-order valence-electron chi connectivity index (χ1n) is 7.18. The maximum absolute atomic E-state index is 13.7. The van der Waals surface area contributed by atoms with E-state index < -0.39 is 40.7 Å². The lowest BCUT2D eigenvalue weighted by Crippen LogP contribution is -2.37. The van der Waals surface area contributed by atoms with Gasteiger partial charge in [0.25, 0.3) is 17.5 Å². The van der Waals surface area contributed by atoms with Gasteiger partial charge in [0.2, 0.25) is 5.91 Å². The molecule has 0 radical (unpaired) electrons. The second-order valence-corrected chi connectivity index (χ2v) is 5.76. The number of nitro benzene ring substituents is 1. The van der Waals surface area contributed by atoms with Crippen molar-refractivity contribution < 1.29 is 23.7 Å². The van der Waals surface area contributed by atoms with Crippen LogP contribution in [0.4, 0.5) is 15.8 Å². The molecule has 1 N–H and O–H groups in total. The lowest BCUT2D eigenvalue weighted by Gasteiger charge is -2.13. The van der Waals surface area contributed by atoms with Crippen LogP contribution in [0, 0.1) is 15.9 Å². The summed E-state index contributed by atoms with van der Waals surface area (Å²) < 4.78 is 13.7. The molecule has 8 nitrogen and oxygen atoms in total. The van der Waals surface area contributed by atoms with E-state index in [1.54, 1.807) is 0 Å². The summed E-state index contributed by atoms with van der Waals surface area (Å²) in [6.45, 7) is -0.717. The van der Waals surface area contributed by atoms with Crippen molar-refractivity contribution in [3.63, 3.8) is 0 Å². The van der Waals surface area contributed by atoms with Gasteiger partial charge in [0.15, 0.2) is 0 Å². The summed E-state index contributed by atoms with van der Waals surface area (Å²) >= 11 is 5.62. The number of fused-ring (bicyclic) bond motifs is 1. The zero-order valence-corrected chi connectivity index (χ0v) is 13.6. The number of halogens is 2. The van der Waals surface area contributed by atoms with Crippen molar-refractivity contribution in [2.24, 2.45) is 0 Å². The first-order chi connectivity index (χ1) is 12.3. The third kappa shape index (κ3) is 3.00. The first kappa shape index (κ1) is 17.5. The predicted octanol–water partition coefficient (Wildman–Crippen LogP) is 2.62. The summed E-state index contributed by atoms with van der Waals surface area (Å²) in [4.78, 5) is 47.6. The van der Waals surface area contributed by atoms with Gasteiger partial charge in [-0.3, -0.25) is 29.4 Å². The molecule has 1 heterocycles. The molecule has 0 spiro atoms. The van der Waals surface area contributed by atoms with Crippen LogP contribution in [-0.2, 0) is 4.79 Å². The molecule has 10 heteroatoms. The molecule has 1 aliphatic rings. The Kier molecular flexibility index (Phi) is 4.39. The highest BCUT2D eigenvalue weighted by atomic mass is 35.5. The molecule has 2 aromatic rings. The first-order valence-corrected chi connectivity index (χ1v) is 7.56.